The fourth-order valence-electron chi connectivity index (χ4n) is 4.80. The predicted octanol–water partition coefficient (Wildman–Crippen LogP) is 4.79. The summed E-state index contributed by atoms with van der Waals surface area (Å²) in [6.07, 6.45) is 5.22. The maximum Gasteiger partial charge on any atom is 0.321 e. The second-order valence-electron chi connectivity index (χ2n) is 8.30. The number of rotatable bonds is 7. The normalized spacial score (nSPS) is 15.1. The van der Waals surface area contributed by atoms with E-state index in [-0.39, 0.29) is 5.57 Å². The molecule has 3 aromatic carbocycles. The Labute approximate surface area is 210 Å². The van der Waals surface area contributed by atoms with E-state index in [1.807, 2.05) is 102 Å². The van der Waals surface area contributed by atoms with E-state index in [0.717, 1.165) is 16.7 Å². The standard InChI is InChI=1S/C30H26N2O4/c1-35-28(33)27(29(34)36-2)26-18-19-32(21-22(26)20-31)30(23-12-6-3-7-13-23,24-14-8-4-9-15-24)25-16-10-5-11-17-25/h3-19,21,26-27H,1-2H3. The lowest BCUT2D eigenvalue weighted by Crippen LogP contribution is -2.44. The lowest BCUT2D eigenvalue weighted by molar-refractivity contribution is -0.160. The highest BCUT2D eigenvalue weighted by atomic mass is 16.5. The van der Waals surface area contributed by atoms with Crippen LogP contribution < -0.4 is 0 Å². The zero-order valence-electron chi connectivity index (χ0n) is 20.1. The van der Waals surface area contributed by atoms with Crippen LogP contribution >= 0.6 is 0 Å². The van der Waals surface area contributed by atoms with E-state index in [0.29, 0.717) is 0 Å². The second kappa shape index (κ2) is 10.7. The zero-order valence-corrected chi connectivity index (χ0v) is 20.1. The molecule has 0 aliphatic carbocycles. The van der Waals surface area contributed by atoms with Gasteiger partial charge in [-0.05, 0) is 16.7 Å². The first-order valence-electron chi connectivity index (χ1n) is 11.5. The minimum Gasteiger partial charge on any atom is -0.468 e. The minimum absolute atomic E-state index is 0.241. The molecule has 1 unspecified atom stereocenters. The lowest BCUT2D eigenvalue weighted by Gasteiger charge is -2.45. The maximum absolute atomic E-state index is 12.5. The molecule has 0 bridgehead atoms. The van der Waals surface area contributed by atoms with E-state index in [1.54, 1.807) is 12.3 Å². The molecule has 180 valence electrons. The second-order valence-corrected chi connectivity index (χ2v) is 8.30. The average molecular weight is 479 g/mol. The van der Waals surface area contributed by atoms with Crippen LogP contribution in [0.2, 0.25) is 0 Å². The summed E-state index contributed by atoms with van der Waals surface area (Å²) in [5, 5.41) is 10.1. The lowest BCUT2D eigenvalue weighted by atomic mass is 9.74. The Hall–Kier alpha value is -4.63. The van der Waals surface area contributed by atoms with Crippen molar-refractivity contribution in [3.05, 3.63) is 132 Å². The van der Waals surface area contributed by atoms with E-state index in [2.05, 4.69) is 6.07 Å². The van der Waals surface area contributed by atoms with Crippen LogP contribution in [0.1, 0.15) is 16.7 Å². The molecule has 1 aliphatic heterocycles. The summed E-state index contributed by atoms with van der Waals surface area (Å²) < 4.78 is 9.72. The third-order valence-electron chi connectivity index (χ3n) is 6.45. The van der Waals surface area contributed by atoms with Crippen LogP contribution in [-0.4, -0.2) is 31.1 Å². The van der Waals surface area contributed by atoms with Crippen molar-refractivity contribution in [2.75, 3.05) is 14.2 Å². The summed E-state index contributed by atoms with van der Waals surface area (Å²) in [4.78, 5) is 27.0. The zero-order chi connectivity index (χ0) is 25.5. The number of methoxy groups -OCH3 is 2. The number of esters is 2. The van der Waals surface area contributed by atoms with Gasteiger partial charge in [0.05, 0.1) is 25.9 Å². The van der Waals surface area contributed by atoms with Crippen molar-refractivity contribution in [3.8, 4) is 6.07 Å². The number of nitrogens with zero attached hydrogens (tertiary/aromatic N) is 2. The van der Waals surface area contributed by atoms with Crippen molar-refractivity contribution < 1.29 is 19.1 Å². The summed E-state index contributed by atoms with van der Waals surface area (Å²) in [5.74, 6) is -3.63. The molecule has 0 spiro atoms. The van der Waals surface area contributed by atoms with Crippen molar-refractivity contribution >= 4 is 11.9 Å². The molecule has 0 saturated heterocycles. The van der Waals surface area contributed by atoms with Gasteiger partial charge in [0.1, 0.15) is 5.54 Å². The number of carbonyl (C=O) groups is 2. The Bertz CT molecular complexity index is 1200. The van der Waals surface area contributed by atoms with Crippen LogP contribution in [0.15, 0.2) is 115 Å². The van der Waals surface area contributed by atoms with Crippen LogP contribution in [-0.2, 0) is 24.6 Å². The van der Waals surface area contributed by atoms with Crippen molar-refractivity contribution in [1.29, 1.82) is 5.26 Å². The molecule has 0 amide bonds. The molecule has 6 heteroatoms. The molecule has 0 N–H and O–H groups in total. The number of benzene rings is 3. The van der Waals surface area contributed by atoms with Gasteiger partial charge >= 0.3 is 11.9 Å². The Kier molecular flexibility index (Phi) is 7.31. The highest BCUT2D eigenvalue weighted by molar-refractivity contribution is 5.96. The van der Waals surface area contributed by atoms with E-state index in [1.165, 1.54) is 14.2 Å². The maximum atomic E-state index is 12.5. The van der Waals surface area contributed by atoms with Gasteiger partial charge in [0.15, 0.2) is 5.92 Å². The summed E-state index contributed by atoms with van der Waals surface area (Å²) in [5.41, 5.74) is 2.36. The molecular weight excluding hydrogens is 452 g/mol. The summed E-state index contributed by atoms with van der Waals surface area (Å²) in [7, 11) is 2.41. The Balaban J connectivity index is 1.96. The van der Waals surface area contributed by atoms with E-state index in [9.17, 15) is 14.9 Å². The number of ether oxygens (including phenoxy) is 2. The number of hydrogen-bond acceptors (Lipinski definition) is 6. The van der Waals surface area contributed by atoms with E-state index < -0.39 is 29.3 Å². The molecule has 0 aromatic heterocycles. The van der Waals surface area contributed by atoms with Crippen molar-refractivity contribution in [1.82, 2.24) is 4.90 Å². The molecule has 1 atom stereocenters. The SMILES string of the molecule is COC(=O)C(C(=O)OC)C1C=CN(C(c2ccccc2)(c2ccccc2)c2ccccc2)C=C1C#N. The molecule has 0 saturated carbocycles. The van der Waals surface area contributed by atoms with Crippen LogP contribution in [0, 0.1) is 23.2 Å². The first-order valence-corrected chi connectivity index (χ1v) is 11.5. The Morgan fingerprint density at radius 2 is 1.22 bits per heavy atom. The number of hydrogen-bond donors (Lipinski definition) is 0. The molecule has 0 fully saturated rings. The minimum atomic E-state index is -1.29. The van der Waals surface area contributed by atoms with Gasteiger partial charge in [-0.1, -0.05) is 97.1 Å². The molecule has 1 aliphatic rings. The molecule has 0 radical (unpaired) electrons. The third-order valence-corrected chi connectivity index (χ3v) is 6.45. The topological polar surface area (TPSA) is 79.6 Å². The van der Waals surface area contributed by atoms with Crippen molar-refractivity contribution in [3.63, 3.8) is 0 Å². The largest absolute Gasteiger partial charge is 0.468 e. The van der Waals surface area contributed by atoms with Crippen LogP contribution in [0.5, 0.6) is 0 Å². The van der Waals surface area contributed by atoms with Gasteiger partial charge in [-0.25, -0.2) is 0 Å². The molecule has 36 heavy (non-hydrogen) atoms. The van der Waals surface area contributed by atoms with Crippen molar-refractivity contribution in [2.45, 2.75) is 5.54 Å². The first-order chi connectivity index (χ1) is 17.6. The quantitative estimate of drug-likeness (QED) is 0.276. The fraction of sp³-hybridized carbons (Fsp3) is 0.167. The average Bonchev–Trinajstić information content (AvgIpc) is 2.95. The van der Waals surface area contributed by atoms with Gasteiger partial charge in [-0.2, -0.15) is 5.26 Å². The van der Waals surface area contributed by atoms with Crippen LogP contribution in [0.4, 0.5) is 0 Å². The van der Waals surface area contributed by atoms with E-state index in [4.69, 9.17) is 9.47 Å². The van der Waals surface area contributed by atoms with Gasteiger partial charge in [0.25, 0.3) is 0 Å². The van der Waals surface area contributed by atoms with E-state index >= 15 is 0 Å². The molecule has 6 nitrogen and oxygen atoms in total. The Morgan fingerprint density at radius 3 is 1.58 bits per heavy atom. The van der Waals surface area contributed by atoms with Gasteiger partial charge < -0.3 is 14.4 Å². The Morgan fingerprint density at radius 1 is 0.806 bits per heavy atom. The molecule has 4 rings (SSSR count). The summed E-state index contributed by atoms with van der Waals surface area (Å²) >= 11 is 0. The third kappa shape index (κ3) is 4.27. The summed E-state index contributed by atoms with van der Waals surface area (Å²) in [6.45, 7) is 0. The van der Waals surface area contributed by atoms with Crippen LogP contribution in [0.3, 0.4) is 0 Å². The van der Waals surface area contributed by atoms with Gasteiger partial charge in [-0.15, -0.1) is 0 Å². The number of allylic oxidation sites excluding steroid dienone is 2. The molecule has 3 aromatic rings. The van der Waals surface area contributed by atoms with Gasteiger partial charge in [-0.3, -0.25) is 9.59 Å². The highest BCUT2D eigenvalue weighted by Gasteiger charge is 2.44. The van der Waals surface area contributed by atoms with Gasteiger partial charge in [0, 0.05) is 18.3 Å². The summed E-state index contributed by atoms with van der Waals surface area (Å²) in [6, 6.07) is 32.2. The van der Waals surface area contributed by atoms with Gasteiger partial charge in [0.2, 0.25) is 0 Å². The smallest absolute Gasteiger partial charge is 0.321 e. The van der Waals surface area contributed by atoms with Crippen LogP contribution in [0.25, 0.3) is 0 Å². The molecular formula is C30H26N2O4. The van der Waals surface area contributed by atoms with Crippen molar-refractivity contribution in [2.24, 2.45) is 11.8 Å². The monoisotopic (exact) mass is 478 g/mol. The number of carbonyl (C=O) groups excluding carboxylic acids is 2. The number of nitriles is 1. The fourth-order valence-corrected chi connectivity index (χ4v) is 4.80. The highest BCUT2D eigenvalue weighted by Crippen LogP contribution is 2.45. The first kappa shape index (κ1) is 24.5. The predicted molar refractivity (Wildman–Crippen MR) is 135 cm³/mol. The molecule has 1 heterocycles.